The number of benzene rings is 3. The van der Waals surface area contributed by atoms with E-state index in [0.29, 0.717) is 34.6 Å². The summed E-state index contributed by atoms with van der Waals surface area (Å²) >= 11 is 0. The van der Waals surface area contributed by atoms with Gasteiger partial charge in [-0.3, -0.25) is 0 Å². The number of anilines is 1. The van der Waals surface area contributed by atoms with Gasteiger partial charge in [-0.2, -0.15) is 0 Å². The zero-order chi connectivity index (χ0) is 23.8. The lowest BCUT2D eigenvalue weighted by atomic mass is 9.97. The number of alkyl halides is 3. The largest absolute Gasteiger partial charge is 0.573 e. The zero-order valence-corrected chi connectivity index (χ0v) is 18.7. The van der Waals surface area contributed by atoms with Crippen molar-refractivity contribution in [3.63, 3.8) is 0 Å². The van der Waals surface area contributed by atoms with Crippen molar-refractivity contribution < 1.29 is 27.4 Å². The van der Waals surface area contributed by atoms with Gasteiger partial charge in [0.1, 0.15) is 23.0 Å². The molecule has 7 heteroatoms. The van der Waals surface area contributed by atoms with Crippen LogP contribution in [0.1, 0.15) is 38.7 Å². The highest BCUT2D eigenvalue weighted by molar-refractivity contribution is 5.57. The maximum atomic E-state index is 12.3. The van der Waals surface area contributed by atoms with Crippen molar-refractivity contribution in [2.75, 3.05) is 5.73 Å². The van der Waals surface area contributed by atoms with E-state index < -0.39 is 6.36 Å². The summed E-state index contributed by atoms with van der Waals surface area (Å²) in [5, 5.41) is 0. The van der Waals surface area contributed by atoms with Crippen LogP contribution in [0.2, 0.25) is 0 Å². The Hall–Kier alpha value is -3.35. The quantitative estimate of drug-likeness (QED) is 0.311. The second kappa shape index (κ2) is 11.0. The van der Waals surface area contributed by atoms with Gasteiger partial charge in [-0.25, -0.2) is 0 Å². The van der Waals surface area contributed by atoms with Crippen LogP contribution in [-0.4, -0.2) is 6.36 Å². The third-order valence-electron chi connectivity index (χ3n) is 5.14. The van der Waals surface area contributed by atoms with Gasteiger partial charge in [0.25, 0.3) is 0 Å². The zero-order valence-electron chi connectivity index (χ0n) is 18.7. The van der Waals surface area contributed by atoms with E-state index in [1.165, 1.54) is 42.7 Å². The minimum absolute atomic E-state index is 0.320. The molecule has 0 radical (unpaired) electrons. The molecule has 0 aliphatic rings. The third kappa shape index (κ3) is 7.93. The van der Waals surface area contributed by atoms with Gasteiger partial charge in [0.2, 0.25) is 0 Å². The van der Waals surface area contributed by atoms with Crippen LogP contribution in [0.25, 0.3) is 0 Å². The number of hydrogen-bond donors (Lipinski definition) is 1. The molecule has 1 unspecified atom stereocenters. The van der Waals surface area contributed by atoms with Gasteiger partial charge in [0, 0.05) is 6.07 Å². The molecule has 4 nitrogen and oxygen atoms in total. The molecule has 0 spiro atoms. The van der Waals surface area contributed by atoms with E-state index in [0.717, 1.165) is 12.8 Å². The average Bonchev–Trinajstić information content (AvgIpc) is 2.76. The van der Waals surface area contributed by atoms with Crippen LogP contribution >= 0.6 is 0 Å². The first-order valence-electron chi connectivity index (χ1n) is 10.9. The smallest absolute Gasteiger partial charge is 0.457 e. The normalized spacial score (nSPS) is 12.3. The van der Waals surface area contributed by atoms with Crippen molar-refractivity contribution >= 4 is 5.69 Å². The maximum absolute atomic E-state index is 12.3. The average molecular weight is 460 g/mol. The lowest BCUT2D eigenvalue weighted by Gasteiger charge is -2.13. The van der Waals surface area contributed by atoms with Crippen LogP contribution in [0.4, 0.5) is 18.9 Å². The van der Waals surface area contributed by atoms with Crippen LogP contribution in [0.3, 0.4) is 0 Å². The van der Waals surface area contributed by atoms with Crippen LogP contribution < -0.4 is 19.9 Å². The van der Waals surface area contributed by atoms with E-state index in [4.69, 9.17) is 15.2 Å². The Morgan fingerprint density at radius 3 is 2.00 bits per heavy atom. The number of nitrogens with two attached hydrogens (primary N) is 1. The van der Waals surface area contributed by atoms with E-state index in [2.05, 4.69) is 30.7 Å². The van der Waals surface area contributed by atoms with E-state index >= 15 is 0 Å². The summed E-state index contributed by atoms with van der Waals surface area (Å²) in [4.78, 5) is 0. The first kappa shape index (κ1) is 24.3. The van der Waals surface area contributed by atoms with Gasteiger partial charge in [-0.05, 0) is 72.9 Å². The number of ether oxygens (including phenoxy) is 3. The predicted octanol–water partition coefficient (Wildman–Crippen LogP) is 8.12. The Labute approximate surface area is 192 Å². The summed E-state index contributed by atoms with van der Waals surface area (Å²) in [6.45, 7) is 4.49. The van der Waals surface area contributed by atoms with Crippen LogP contribution in [-0.2, 0) is 6.42 Å². The van der Waals surface area contributed by atoms with Crippen LogP contribution in [0.5, 0.6) is 28.7 Å². The molecule has 0 fully saturated rings. The number of hydrogen-bond acceptors (Lipinski definition) is 4. The SMILES string of the molecule is CCCC(C)CCc1ccc(Oc2cc(Oc3ccc(OC(F)(F)F)cc3)ccc2N)cc1. The molecule has 0 aliphatic heterocycles. The number of halogens is 3. The molecule has 0 bridgehead atoms. The number of rotatable bonds is 10. The van der Waals surface area contributed by atoms with Crippen LogP contribution in [0, 0.1) is 5.92 Å². The van der Waals surface area contributed by atoms with Gasteiger partial charge in [-0.1, -0.05) is 38.8 Å². The topological polar surface area (TPSA) is 53.7 Å². The highest BCUT2D eigenvalue weighted by Crippen LogP contribution is 2.34. The van der Waals surface area contributed by atoms with Crippen molar-refractivity contribution in [2.45, 2.75) is 45.9 Å². The molecule has 176 valence electrons. The molecular weight excluding hydrogens is 431 g/mol. The van der Waals surface area contributed by atoms with Crippen molar-refractivity contribution in [3.05, 3.63) is 72.3 Å². The van der Waals surface area contributed by atoms with E-state index in [9.17, 15) is 13.2 Å². The Kier molecular flexibility index (Phi) is 8.09. The molecule has 0 aliphatic carbocycles. The van der Waals surface area contributed by atoms with Gasteiger partial charge in [-0.15, -0.1) is 13.2 Å². The second-order valence-corrected chi connectivity index (χ2v) is 8.00. The highest BCUT2D eigenvalue weighted by Gasteiger charge is 2.31. The van der Waals surface area contributed by atoms with Gasteiger partial charge in [0.05, 0.1) is 5.69 Å². The lowest BCUT2D eigenvalue weighted by molar-refractivity contribution is -0.274. The summed E-state index contributed by atoms with van der Waals surface area (Å²) in [5.41, 5.74) is 7.74. The summed E-state index contributed by atoms with van der Waals surface area (Å²) in [6.07, 6.45) is -0.110. The predicted molar refractivity (Wildman–Crippen MR) is 123 cm³/mol. The third-order valence-corrected chi connectivity index (χ3v) is 5.14. The fourth-order valence-corrected chi connectivity index (χ4v) is 3.41. The fraction of sp³-hybridized carbons (Fsp3) is 0.308. The van der Waals surface area contributed by atoms with Crippen molar-refractivity contribution in [2.24, 2.45) is 5.92 Å². The van der Waals surface area contributed by atoms with Gasteiger partial charge in [0.15, 0.2) is 5.75 Å². The van der Waals surface area contributed by atoms with Gasteiger partial charge >= 0.3 is 6.36 Å². The Morgan fingerprint density at radius 2 is 1.36 bits per heavy atom. The highest BCUT2D eigenvalue weighted by atomic mass is 19.4. The second-order valence-electron chi connectivity index (χ2n) is 8.00. The molecule has 3 aromatic carbocycles. The maximum Gasteiger partial charge on any atom is 0.573 e. The minimum Gasteiger partial charge on any atom is -0.457 e. The molecule has 0 saturated heterocycles. The monoisotopic (exact) mass is 459 g/mol. The minimum atomic E-state index is -4.74. The Balaban J connectivity index is 1.62. The molecular formula is C26H28F3NO3. The lowest BCUT2D eigenvalue weighted by Crippen LogP contribution is -2.16. The molecule has 33 heavy (non-hydrogen) atoms. The van der Waals surface area contributed by atoms with Crippen molar-refractivity contribution in [3.8, 4) is 28.7 Å². The number of nitrogen functional groups attached to an aromatic ring is 1. The Morgan fingerprint density at radius 1 is 0.788 bits per heavy atom. The molecule has 0 aromatic heterocycles. The van der Waals surface area contributed by atoms with Crippen molar-refractivity contribution in [1.29, 1.82) is 0 Å². The van der Waals surface area contributed by atoms with E-state index in [1.807, 2.05) is 12.1 Å². The summed E-state index contributed by atoms with van der Waals surface area (Å²) in [5.74, 6) is 2.25. The number of aryl methyl sites for hydroxylation is 1. The molecule has 0 saturated carbocycles. The first-order chi connectivity index (χ1) is 15.7. The fourth-order valence-electron chi connectivity index (χ4n) is 3.41. The Bertz CT molecular complexity index is 1020. The van der Waals surface area contributed by atoms with Gasteiger partial charge < -0.3 is 19.9 Å². The molecule has 2 N–H and O–H groups in total. The molecule has 0 amide bonds. The van der Waals surface area contributed by atoms with Crippen LogP contribution in [0.15, 0.2) is 66.7 Å². The molecule has 1 atom stereocenters. The molecule has 3 rings (SSSR count). The standard InChI is InChI=1S/C26H28F3NO3/c1-3-4-18(2)5-6-19-7-9-21(10-8-19)32-25-17-23(15-16-24(25)30)31-20-11-13-22(14-12-20)33-26(27,28)29/h7-18H,3-6,30H2,1-2H3. The van der Waals surface area contributed by atoms with E-state index in [-0.39, 0.29) is 5.75 Å². The molecule has 0 heterocycles. The summed E-state index contributed by atoms with van der Waals surface area (Å²) < 4.78 is 52.4. The van der Waals surface area contributed by atoms with E-state index in [1.54, 1.807) is 18.2 Å². The van der Waals surface area contributed by atoms with Crippen molar-refractivity contribution in [1.82, 2.24) is 0 Å². The molecule has 3 aromatic rings. The summed E-state index contributed by atoms with van der Waals surface area (Å²) in [6, 6.07) is 18.0. The summed E-state index contributed by atoms with van der Waals surface area (Å²) in [7, 11) is 0. The first-order valence-corrected chi connectivity index (χ1v) is 10.9.